The summed E-state index contributed by atoms with van der Waals surface area (Å²) in [5.74, 6) is -0.133. The highest BCUT2D eigenvalue weighted by atomic mass is 16.6. The summed E-state index contributed by atoms with van der Waals surface area (Å²) in [6.45, 7) is 2.97. The maximum atomic E-state index is 12.0. The Labute approximate surface area is 119 Å². The topological polar surface area (TPSA) is 50.9 Å². The second-order valence-electron chi connectivity index (χ2n) is 5.67. The number of piperidine rings is 1. The van der Waals surface area contributed by atoms with Crippen LogP contribution in [0.15, 0.2) is 30.3 Å². The van der Waals surface area contributed by atoms with Crippen molar-refractivity contribution in [1.82, 2.24) is 5.32 Å². The van der Waals surface area contributed by atoms with Gasteiger partial charge >= 0.3 is 5.97 Å². The molecule has 0 aliphatic carbocycles. The molecule has 2 saturated heterocycles. The zero-order valence-electron chi connectivity index (χ0n) is 11.7. The van der Waals surface area contributed by atoms with E-state index in [0.29, 0.717) is 24.7 Å². The predicted molar refractivity (Wildman–Crippen MR) is 75.4 cm³/mol. The lowest BCUT2D eigenvalue weighted by molar-refractivity contribution is -0.150. The van der Waals surface area contributed by atoms with E-state index in [2.05, 4.69) is 12.2 Å². The van der Waals surface area contributed by atoms with Crippen molar-refractivity contribution >= 4 is 5.97 Å². The van der Waals surface area contributed by atoms with Crippen LogP contribution in [0.5, 0.6) is 0 Å². The summed E-state index contributed by atoms with van der Waals surface area (Å²) in [5.41, 5.74) is 1.00. The van der Waals surface area contributed by atoms with Gasteiger partial charge in [-0.1, -0.05) is 30.3 Å². The van der Waals surface area contributed by atoms with E-state index in [9.17, 15) is 4.79 Å². The Balaban J connectivity index is 1.48. The second kappa shape index (κ2) is 5.94. The third-order valence-corrected chi connectivity index (χ3v) is 4.03. The molecule has 3 rings (SSSR count). The Morgan fingerprint density at radius 2 is 2.15 bits per heavy atom. The van der Waals surface area contributed by atoms with E-state index in [-0.39, 0.29) is 12.1 Å². The van der Waals surface area contributed by atoms with Crippen molar-refractivity contribution in [2.24, 2.45) is 0 Å². The summed E-state index contributed by atoms with van der Waals surface area (Å²) in [7, 11) is 0. The van der Waals surface area contributed by atoms with E-state index in [4.69, 9.17) is 9.47 Å². The lowest BCUT2D eigenvalue weighted by Gasteiger charge is -2.29. The molecule has 0 amide bonds. The average molecular weight is 275 g/mol. The molecule has 0 aromatic heterocycles. The maximum Gasteiger partial charge on any atom is 0.310 e. The Kier molecular flexibility index (Phi) is 4.03. The Bertz CT molecular complexity index is 462. The van der Waals surface area contributed by atoms with Crippen LogP contribution in [-0.2, 0) is 20.7 Å². The van der Waals surface area contributed by atoms with E-state index >= 15 is 0 Å². The van der Waals surface area contributed by atoms with E-state index in [1.165, 1.54) is 0 Å². The Hall–Kier alpha value is -1.39. The summed E-state index contributed by atoms with van der Waals surface area (Å²) >= 11 is 0. The highest BCUT2D eigenvalue weighted by molar-refractivity contribution is 5.72. The fourth-order valence-electron chi connectivity index (χ4n) is 2.89. The van der Waals surface area contributed by atoms with Crippen LogP contribution in [0.2, 0.25) is 0 Å². The van der Waals surface area contributed by atoms with E-state index < -0.39 is 0 Å². The largest absolute Gasteiger partial charge is 0.462 e. The summed E-state index contributed by atoms with van der Waals surface area (Å²) in [4.78, 5) is 12.0. The molecule has 0 bridgehead atoms. The fraction of sp³-hybridized carbons (Fsp3) is 0.562. The first kappa shape index (κ1) is 13.6. The summed E-state index contributed by atoms with van der Waals surface area (Å²) in [6, 6.07) is 10.1. The number of carbonyl (C=O) groups is 1. The van der Waals surface area contributed by atoms with Gasteiger partial charge in [0.25, 0.3) is 0 Å². The van der Waals surface area contributed by atoms with E-state index in [1.807, 2.05) is 30.3 Å². The van der Waals surface area contributed by atoms with Gasteiger partial charge in [-0.15, -0.1) is 0 Å². The average Bonchev–Trinajstić information content (AvgIpc) is 3.17. The molecule has 1 aromatic rings. The molecule has 2 aliphatic heterocycles. The van der Waals surface area contributed by atoms with Crippen LogP contribution < -0.4 is 5.32 Å². The van der Waals surface area contributed by atoms with Gasteiger partial charge < -0.3 is 14.8 Å². The number of hydrogen-bond acceptors (Lipinski definition) is 4. The van der Waals surface area contributed by atoms with Crippen molar-refractivity contribution in [1.29, 1.82) is 0 Å². The second-order valence-corrected chi connectivity index (χ2v) is 5.67. The third-order valence-electron chi connectivity index (χ3n) is 4.03. The molecule has 0 spiro atoms. The van der Waals surface area contributed by atoms with Gasteiger partial charge in [-0.3, -0.25) is 4.79 Å². The zero-order chi connectivity index (χ0) is 13.9. The summed E-state index contributed by atoms with van der Waals surface area (Å²) in [5, 5.41) is 3.45. The molecule has 4 atom stereocenters. The van der Waals surface area contributed by atoms with Crippen LogP contribution in [-0.4, -0.2) is 36.9 Å². The monoisotopic (exact) mass is 275 g/mol. The van der Waals surface area contributed by atoms with Crippen molar-refractivity contribution in [2.45, 2.75) is 50.5 Å². The van der Waals surface area contributed by atoms with Crippen LogP contribution in [0, 0.1) is 0 Å². The summed E-state index contributed by atoms with van der Waals surface area (Å²) < 4.78 is 11.1. The molecule has 20 heavy (non-hydrogen) atoms. The number of benzene rings is 1. The first-order valence-electron chi connectivity index (χ1n) is 7.34. The van der Waals surface area contributed by atoms with Crippen LogP contribution in [0.25, 0.3) is 0 Å². The van der Waals surface area contributed by atoms with Gasteiger partial charge in [-0.05, 0) is 25.5 Å². The minimum atomic E-state index is -0.133. The number of hydrogen-bond donors (Lipinski definition) is 1. The molecule has 4 nitrogen and oxygen atoms in total. The number of nitrogens with one attached hydrogen (secondary N) is 1. The lowest BCUT2D eigenvalue weighted by atomic mass is 9.98. The maximum absolute atomic E-state index is 12.0. The van der Waals surface area contributed by atoms with Gasteiger partial charge in [-0.25, -0.2) is 0 Å². The fourth-order valence-corrected chi connectivity index (χ4v) is 2.89. The molecular weight excluding hydrogens is 254 g/mol. The van der Waals surface area contributed by atoms with Crippen molar-refractivity contribution in [3.05, 3.63) is 35.9 Å². The van der Waals surface area contributed by atoms with Crippen molar-refractivity contribution in [3.63, 3.8) is 0 Å². The molecule has 0 radical (unpaired) electrons. The first-order valence-corrected chi connectivity index (χ1v) is 7.34. The first-order chi connectivity index (χ1) is 9.72. The molecule has 2 fully saturated rings. The van der Waals surface area contributed by atoms with Gasteiger partial charge in [0.15, 0.2) is 0 Å². The van der Waals surface area contributed by atoms with Gasteiger partial charge in [-0.2, -0.15) is 0 Å². The lowest BCUT2D eigenvalue weighted by Crippen LogP contribution is -2.45. The molecule has 2 aliphatic rings. The number of rotatable bonds is 4. The van der Waals surface area contributed by atoms with E-state index in [0.717, 1.165) is 24.9 Å². The number of ether oxygens (including phenoxy) is 2. The van der Waals surface area contributed by atoms with Crippen LogP contribution in [0.1, 0.15) is 25.3 Å². The molecule has 108 valence electrons. The Morgan fingerprint density at radius 1 is 1.40 bits per heavy atom. The number of esters is 1. The molecule has 4 heteroatoms. The van der Waals surface area contributed by atoms with Gasteiger partial charge in [0, 0.05) is 12.5 Å². The van der Waals surface area contributed by atoms with Gasteiger partial charge in [0.2, 0.25) is 0 Å². The number of carbonyl (C=O) groups excluding carboxylic acids is 1. The molecule has 0 saturated carbocycles. The third kappa shape index (κ3) is 3.38. The van der Waals surface area contributed by atoms with Crippen molar-refractivity contribution in [2.75, 3.05) is 6.54 Å². The highest BCUT2D eigenvalue weighted by Gasteiger charge is 2.43. The predicted octanol–water partition coefficient (Wildman–Crippen LogP) is 1.68. The molecule has 1 N–H and O–H groups in total. The molecule has 2 unspecified atom stereocenters. The normalized spacial score (nSPS) is 32.6. The van der Waals surface area contributed by atoms with Crippen LogP contribution >= 0.6 is 0 Å². The minimum Gasteiger partial charge on any atom is -0.462 e. The standard InChI is InChI=1S/C16H21NO3/c1-11-16(19-11)14-10-13(7-8-17-14)20-15(18)9-12-5-3-2-4-6-12/h2-6,11,13-14,16-17H,7-10H2,1H3/t11-,13?,14?,16-/m0/s1. The van der Waals surface area contributed by atoms with Crippen LogP contribution in [0.3, 0.4) is 0 Å². The summed E-state index contributed by atoms with van der Waals surface area (Å²) in [6.07, 6.45) is 2.75. The van der Waals surface area contributed by atoms with Gasteiger partial charge in [0.1, 0.15) is 6.10 Å². The van der Waals surface area contributed by atoms with Crippen molar-refractivity contribution < 1.29 is 14.3 Å². The molecular formula is C16H21NO3. The zero-order valence-corrected chi connectivity index (χ0v) is 11.7. The quantitative estimate of drug-likeness (QED) is 0.671. The SMILES string of the molecule is C[C@@H]1O[C@@H]1C1CC(OC(=O)Cc2ccccc2)CCN1. The molecule has 1 aromatic carbocycles. The van der Waals surface area contributed by atoms with Crippen LogP contribution in [0.4, 0.5) is 0 Å². The minimum absolute atomic E-state index is 0.0221. The number of epoxide rings is 1. The van der Waals surface area contributed by atoms with E-state index in [1.54, 1.807) is 0 Å². The highest BCUT2D eigenvalue weighted by Crippen LogP contribution is 2.29. The van der Waals surface area contributed by atoms with Gasteiger partial charge in [0.05, 0.1) is 18.6 Å². The smallest absolute Gasteiger partial charge is 0.310 e. The Morgan fingerprint density at radius 3 is 2.85 bits per heavy atom. The molecule has 2 heterocycles. The van der Waals surface area contributed by atoms with Crippen molar-refractivity contribution in [3.8, 4) is 0 Å².